The van der Waals surface area contributed by atoms with Crippen LogP contribution in [0.4, 0.5) is 5.69 Å². The zero-order valence-electron chi connectivity index (χ0n) is 17.2. The lowest BCUT2D eigenvalue weighted by atomic mass is 10.1. The summed E-state index contributed by atoms with van der Waals surface area (Å²) in [6, 6.07) is 15.7. The van der Waals surface area contributed by atoms with E-state index >= 15 is 0 Å². The zero-order valence-corrected chi connectivity index (χ0v) is 18.0. The number of amides is 1. The van der Waals surface area contributed by atoms with E-state index in [0.717, 1.165) is 48.4 Å². The van der Waals surface area contributed by atoms with Gasteiger partial charge in [-0.05, 0) is 35.9 Å². The molecule has 29 heavy (non-hydrogen) atoms. The van der Waals surface area contributed by atoms with Gasteiger partial charge in [0.25, 0.3) is 5.91 Å². The van der Waals surface area contributed by atoms with Crippen molar-refractivity contribution in [2.24, 2.45) is 4.99 Å². The fourth-order valence-corrected chi connectivity index (χ4v) is 3.57. The Morgan fingerprint density at radius 3 is 2.38 bits per heavy atom. The van der Waals surface area contributed by atoms with Crippen LogP contribution in [0.2, 0.25) is 5.02 Å². The van der Waals surface area contributed by atoms with Crippen molar-refractivity contribution in [3.05, 3.63) is 64.7 Å². The minimum atomic E-state index is 0.0119. The molecule has 3 rings (SSSR count). The van der Waals surface area contributed by atoms with Crippen molar-refractivity contribution in [2.45, 2.75) is 6.54 Å². The van der Waals surface area contributed by atoms with E-state index < -0.39 is 0 Å². The average Bonchev–Trinajstić information content (AvgIpc) is 2.74. The van der Waals surface area contributed by atoms with Crippen LogP contribution in [0.25, 0.3) is 0 Å². The maximum absolute atomic E-state index is 12.0. The molecule has 1 saturated heterocycles. The van der Waals surface area contributed by atoms with Crippen molar-refractivity contribution in [3.63, 3.8) is 0 Å². The normalized spacial score (nSPS) is 14.7. The molecule has 1 aliphatic heterocycles. The second-order valence-electron chi connectivity index (χ2n) is 7.25. The molecule has 1 amide bonds. The van der Waals surface area contributed by atoms with Crippen molar-refractivity contribution in [2.75, 3.05) is 52.2 Å². The van der Waals surface area contributed by atoms with E-state index in [1.807, 2.05) is 49.5 Å². The lowest BCUT2D eigenvalue weighted by Crippen LogP contribution is -2.52. The summed E-state index contributed by atoms with van der Waals surface area (Å²) < 4.78 is 0. The molecule has 7 heteroatoms. The Balaban J connectivity index is 1.53. The monoisotopic (exact) mass is 413 g/mol. The first kappa shape index (κ1) is 21.0. The lowest BCUT2D eigenvalue weighted by Gasteiger charge is -2.37. The summed E-state index contributed by atoms with van der Waals surface area (Å²) in [5.74, 6) is 0.905. The first-order chi connectivity index (χ1) is 14.0. The minimum Gasteiger partial charge on any atom is -0.368 e. The largest absolute Gasteiger partial charge is 0.368 e. The Kier molecular flexibility index (Phi) is 6.99. The standard InChI is InChI=1S/C22H28ClN5O/c1-24-22(25-16-17-7-9-18(10-8-17)21(29)26(2)3)28-13-11-27(12-14-28)20-6-4-5-19(23)15-20/h4-10,15H,11-14,16H2,1-3H3,(H,24,25). The van der Waals surface area contributed by atoms with Crippen LogP contribution < -0.4 is 10.2 Å². The van der Waals surface area contributed by atoms with Gasteiger partial charge in [-0.15, -0.1) is 0 Å². The van der Waals surface area contributed by atoms with E-state index in [0.29, 0.717) is 12.1 Å². The Labute approximate surface area is 177 Å². The van der Waals surface area contributed by atoms with E-state index in [4.69, 9.17) is 11.6 Å². The maximum atomic E-state index is 12.0. The molecule has 6 nitrogen and oxygen atoms in total. The molecule has 0 radical (unpaired) electrons. The Morgan fingerprint density at radius 2 is 1.79 bits per heavy atom. The number of nitrogens with one attached hydrogen (secondary N) is 1. The number of hydrogen-bond donors (Lipinski definition) is 1. The van der Waals surface area contributed by atoms with Crippen molar-refractivity contribution >= 4 is 29.2 Å². The number of aliphatic imine (C=N–C) groups is 1. The van der Waals surface area contributed by atoms with E-state index in [-0.39, 0.29) is 5.91 Å². The van der Waals surface area contributed by atoms with Gasteiger partial charge in [-0.25, -0.2) is 0 Å². The topological polar surface area (TPSA) is 51.2 Å². The molecule has 0 spiro atoms. The highest BCUT2D eigenvalue weighted by Gasteiger charge is 2.20. The second-order valence-corrected chi connectivity index (χ2v) is 7.69. The van der Waals surface area contributed by atoms with Gasteiger partial charge in [-0.1, -0.05) is 29.8 Å². The molecule has 1 fully saturated rings. The molecule has 2 aromatic carbocycles. The van der Waals surface area contributed by atoms with Gasteiger partial charge >= 0.3 is 0 Å². The number of hydrogen-bond acceptors (Lipinski definition) is 3. The zero-order chi connectivity index (χ0) is 20.8. The number of halogens is 1. The summed E-state index contributed by atoms with van der Waals surface area (Å²) in [5.41, 5.74) is 2.96. The molecule has 1 aliphatic rings. The summed E-state index contributed by atoms with van der Waals surface area (Å²) >= 11 is 6.12. The molecule has 154 valence electrons. The van der Waals surface area contributed by atoms with Crippen molar-refractivity contribution in [3.8, 4) is 0 Å². The van der Waals surface area contributed by atoms with Crippen LogP contribution in [-0.4, -0.2) is 69.0 Å². The number of guanidine groups is 1. The van der Waals surface area contributed by atoms with Crippen molar-refractivity contribution < 1.29 is 4.79 Å². The minimum absolute atomic E-state index is 0.0119. The smallest absolute Gasteiger partial charge is 0.253 e. The SMILES string of the molecule is CN=C(NCc1ccc(C(=O)N(C)C)cc1)N1CCN(c2cccc(Cl)c2)CC1. The Hall–Kier alpha value is -2.73. The van der Waals surface area contributed by atoms with E-state index in [9.17, 15) is 4.79 Å². The van der Waals surface area contributed by atoms with Crippen LogP contribution in [0.1, 0.15) is 15.9 Å². The number of nitrogens with zero attached hydrogens (tertiary/aromatic N) is 4. The van der Waals surface area contributed by atoms with Gasteiger partial charge < -0.3 is 20.0 Å². The van der Waals surface area contributed by atoms with Crippen molar-refractivity contribution in [1.29, 1.82) is 0 Å². The highest BCUT2D eigenvalue weighted by atomic mass is 35.5. The maximum Gasteiger partial charge on any atom is 0.253 e. The van der Waals surface area contributed by atoms with Crippen LogP contribution in [0, 0.1) is 0 Å². The van der Waals surface area contributed by atoms with Crippen LogP contribution in [0.15, 0.2) is 53.5 Å². The third-order valence-electron chi connectivity index (χ3n) is 5.02. The predicted octanol–water partition coefficient (Wildman–Crippen LogP) is 2.94. The number of anilines is 1. The third-order valence-corrected chi connectivity index (χ3v) is 5.26. The van der Waals surface area contributed by atoms with Crippen LogP contribution >= 0.6 is 11.6 Å². The van der Waals surface area contributed by atoms with Gasteiger partial charge in [-0.2, -0.15) is 0 Å². The average molecular weight is 414 g/mol. The first-order valence-electron chi connectivity index (χ1n) is 9.74. The van der Waals surface area contributed by atoms with Gasteiger partial charge in [-0.3, -0.25) is 9.79 Å². The molecule has 0 bridgehead atoms. The fourth-order valence-electron chi connectivity index (χ4n) is 3.39. The van der Waals surface area contributed by atoms with Crippen LogP contribution in [0.3, 0.4) is 0 Å². The van der Waals surface area contributed by atoms with E-state index in [1.54, 1.807) is 19.0 Å². The van der Waals surface area contributed by atoms with Crippen LogP contribution in [-0.2, 0) is 6.54 Å². The molecule has 1 N–H and O–H groups in total. The number of carbonyl (C=O) groups excluding carboxylic acids is 1. The molecule has 0 unspecified atom stereocenters. The van der Waals surface area contributed by atoms with Gasteiger partial charge in [0.2, 0.25) is 0 Å². The highest BCUT2D eigenvalue weighted by Crippen LogP contribution is 2.20. The lowest BCUT2D eigenvalue weighted by molar-refractivity contribution is 0.0827. The molecule has 2 aromatic rings. The number of rotatable bonds is 4. The Bertz CT molecular complexity index is 858. The van der Waals surface area contributed by atoms with E-state index in [1.165, 1.54) is 0 Å². The summed E-state index contributed by atoms with van der Waals surface area (Å²) in [7, 11) is 5.33. The fraction of sp³-hybridized carbons (Fsp3) is 0.364. The number of benzene rings is 2. The molecule has 0 aromatic heterocycles. The first-order valence-corrected chi connectivity index (χ1v) is 10.1. The summed E-state index contributed by atoms with van der Waals surface area (Å²) in [4.78, 5) is 22.6. The summed E-state index contributed by atoms with van der Waals surface area (Å²) in [5, 5.41) is 4.20. The number of carbonyl (C=O) groups is 1. The third kappa shape index (κ3) is 5.41. The molecule has 1 heterocycles. The molecular formula is C22H28ClN5O. The Morgan fingerprint density at radius 1 is 1.10 bits per heavy atom. The summed E-state index contributed by atoms with van der Waals surface area (Å²) in [6.45, 7) is 4.29. The molecule has 0 atom stereocenters. The van der Waals surface area contributed by atoms with Gasteiger partial charge in [0.05, 0.1) is 0 Å². The number of piperazine rings is 1. The molecule has 0 saturated carbocycles. The highest BCUT2D eigenvalue weighted by molar-refractivity contribution is 6.30. The second kappa shape index (κ2) is 9.65. The molecular weight excluding hydrogens is 386 g/mol. The van der Waals surface area contributed by atoms with Crippen molar-refractivity contribution in [1.82, 2.24) is 15.1 Å². The van der Waals surface area contributed by atoms with Gasteiger partial charge in [0.15, 0.2) is 5.96 Å². The van der Waals surface area contributed by atoms with Gasteiger partial charge in [0, 0.05) is 70.1 Å². The quantitative estimate of drug-likeness (QED) is 0.618. The van der Waals surface area contributed by atoms with Gasteiger partial charge in [0.1, 0.15) is 0 Å². The predicted molar refractivity (Wildman–Crippen MR) is 120 cm³/mol. The van der Waals surface area contributed by atoms with Crippen LogP contribution in [0.5, 0.6) is 0 Å². The molecule has 0 aliphatic carbocycles. The summed E-state index contributed by atoms with van der Waals surface area (Å²) in [6.07, 6.45) is 0. The van der Waals surface area contributed by atoms with E-state index in [2.05, 4.69) is 26.2 Å².